The van der Waals surface area contributed by atoms with Crippen molar-refractivity contribution in [2.24, 2.45) is 13.0 Å². The fourth-order valence-electron chi connectivity index (χ4n) is 3.68. The van der Waals surface area contributed by atoms with Gasteiger partial charge in [-0.15, -0.1) is 0 Å². The van der Waals surface area contributed by atoms with E-state index in [0.29, 0.717) is 23.9 Å². The highest BCUT2D eigenvalue weighted by Crippen LogP contribution is 2.32. The number of hydrogen-bond donors (Lipinski definition) is 1. The third kappa shape index (κ3) is 3.57. The Morgan fingerprint density at radius 2 is 2.14 bits per heavy atom. The number of hydrogen-bond acceptors (Lipinski definition) is 5. The molecule has 7 nitrogen and oxygen atoms in total. The summed E-state index contributed by atoms with van der Waals surface area (Å²) in [5.41, 5.74) is 3.87. The van der Waals surface area contributed by atoms with Crippen LogP contribution in [0.1, 0.15) is 23.2 Å². The van der Waals surface area contributed by atoms with Crippen molar-refractivity contribution in [3.8, 4) is 17.0 Å². The number of pyridine rings is 1. The minimum atomic E-state index is -0.0928. The van der Waals surface area contributed by atoms with Crippen LogP contribution >= 0.6 is 0 Å². The Morgan fingerprint density at radius 1 is 1.32 bits per heavy atom. The molecule has 0 unspecified atom stereocenters. The summed E-state index contributed by atoms with van der Waals surface area (Å²) in [6, 6.07) is 7.64. The number of rotatable bonds is 5. The van der Waals surface area contributed by atoms with Crippen LogP contribution in [0, 0.1) is 5.92 Å². The van der Waals surface area contributed by atoms with Crippen molar-refractivity contribution in [3.63, 3.8) is 0 Å². The molecule has 1 fully saturated rings. The Kier molecular flexibility index (Phi) is 5.25. The van der Waals surface area contributed by atoms with Gasteiger partial charge in [0.2, 0.25) is 5.88 Å². The monoisotopic (exact) mass is 380 g/mol. The molecule has 28 heavy (non-hydrogen) atoms. The van der Waals surface area contributed by atoms with E-state index in [4.69, 9.17) is 9.47 Å². The fraction of sp³-hybridized carbons (Fsp3) is 0.381. The molecule has 1 aliphatic rings. The topological polar surface area (TPSA) is 78.3 Å². The molecule has 3 heterocycles. The average molecular weight is 380 g/mol. The zero-order valence-corrected chi connectivity index (χ0v) is 16.1. The van der Waals surface area contributed by atoms with Gasteiger partial charge in [0.15, 0.2) is 0 Å². The molecule has 1 saturated heterocycles. The summed E-state index contributed by atoms with van der Waals surface area (Å²) in [5, 5.41) is 3.10. The maximum absolute atomic E-state index is 13.1. The van der Waals surface area contributed by atoms with Gasteiger partial charge in [0.25, 0.3) is 5.91 Å². The van der Waals surface area contributed by atoms with Crippen LogP contribution in [0.4, 0.5) is 0 Å². The van der Waals surface area contributed by atoms with E-state index in [1.807, 2.05) is 35.9 Å². The number of aromatic nitrogens is 3. The molecule has 1 amide bonds. The minimum absolute atomic E-state index is 0.0928. The number of imidazole rings is 1. The second kappa shape index (κ2) is 7.98. The predicted octanol–water partition coefficient (Wildman–Crippen LogP) is 2.80. The van der Waals surface area contributed by atoms with E-state index in [-0.39, 0.29) is 5.91 Å². The Labute approximate surface area is 163 Å². The summed E-state index contributed by atoms with van der Waals surface area (Å²) in [6.07, 6.45) is 5.37. The zero-order valence-electron chi connectivity index (χ0n) is 16.1. The lowest BCUT2D eigenvalue weighted by Gasteiger charge is -2.22. The van der Waals surface area contributed by atoms with Crippen molar-refractivity contribution in [1.82, 2.24) is 19.9 Å². The lowest BCUT2D eigenvalue weighted by atomic mass is 9.99. The summed E-state index contributed by atoms with van der Waals surface area (Å²) >= 11 is 0. The van der Waals surface area contributed by atoms with Crippen LogP contribution in [-0.4, -0.2) is 47.3 Å². The van der Waals surface area contributed by atoms with Gasteiger partial charge in [0, 0.05) is 38.6 Å². The van der Waals surface area contributed by atoms with E-state index in [9.17, 15) is 4.79 Å². The van der Waals surface area contributed by atoms with Crippen molar-refractivity contribution in [3.05, 3.63) is 42.4 Å². The quantitative estimate of drug-likeness (QED) is 0.736. The SMILES string of the molecule is COc1ncccc1-c1cc(C(=O)NCC2CCOCC2)c2c(c1)ncn2C. The van der Waals surface area contributed by atoms with Crippen LogP contribution in [0.15, 0.2) is 36.8 Å². The van der Waals surface area contributed by atoms with Gasteiger partial charge in [-0.3, -0.25) is 4.79 Å². The maximum atomic E-state index is 13.1. The molecule has 0 bridgehead atoms. The second-order valence-electron chi connectivity index (χ2n) is 7.07. The first-order valence-corrected chi connectivity index (χ1v) is 9.47. The van der Waals surface area contributed by atoms with Gasteiger partial charge in [0.1, 0.15) is 0 Å². The number of aryl methyl sites for hydroxylation is 1. The number of fused-ring (bicyclic) bond motifs is 1. The maximum Gasteiger partial charge on any atom is 0.253 e. The van der Waals surface area contributed by atoms with E-state index in [1.54, 1.807) is 19.6 Å². The van der Waals surface area contributed by atoms with E-state index in [2.05, 4.69) is 15.3 Å². The molecular formula is C21H24N4O3. The Hall–Kier alpha value is -2.93. The first-order valence-electron chi connectivity index (χ1n) is 9.47. The molecule has 146 valence electrons. The van der Waals surface area contributed by atoms with Gasteiger partial charge in [-0.25, -0.2) is 9.97 Å². The van der Waals surface area contributed by atoms with Crippen molar-refractivity contribution in [2.45, 2.75) is 12.8 Å². The molecule has 1 aromatic carbocycles. The first kappa shape index (κ1) is 18.4. The normalized spacial score (nSPS) is 14.9. The van der Waals surface area contributed by atoms with E-state index >= 15 is 0 Å². The molecule has 3 aromatic rings. The lowest BCUT2D eigenvalue weighted by Crippen LogP contribution is -2.32. The Bertz CT molecular complexity index is 992. The van der Waals surface area contributed by atoms with E-state index in [0.717, 1.165) is 48.2 Å². The molecule has 1 aliphatic heterocycles. The highest BCUT2D eigenvalue weighted by atomic mass is 16.5. The summed E-state index contributed by atoms with van der Waals surface area (Å²) in [4.78, 5) is 21.8. The first-order chi connectivity index (χ1) is 13.7. The summed E-state index contributed by atoms with van der Waals surface area (Å²) in [6.45, 7) is 2.19. The van der Waals surface area contributed by atoms with Crippen LogP contribution in [0.2, 0.25) is 0 Å². The van der Waals surface area contributed by atoms with Crippen molar-refractivity contribution < 1.29 is 14.3 Å². The number of carbonyl (C=O) groups excluding carboxylic acids is 1. The van der Waals surface area contributed by atoms with Gasteiger partial charge in [-0.2, -0.15) is 0 Å². The van der Waals surface area contributed by atoms with E-state index < -0.39 is 0 Å². The largest absolute Gasteiger partial charge is 0.481 e. The summed E-state index contributed by atoms with van der Waals surface area (Å²) < 4.78 is 12.7. The number of benzene rings is 1. The number of nitrogens with zero attached hydrogens (tertiary/aromatic N) is 3. The molecule has 0 aliphatic carbocycles. The molecule has 0 atom stereocenters. The van der Waals surface area contributed by atoms with Gasteiger partial charge in [-0.05, 0) is 48.6 Å². The third-order valence-electron chi connectivity index (χ3n) is 5.22. The number of ether oxygens (including phenoxy) is 2. The van der Waals surface area contributed by atoms with Crippen LogP contribution < -0.4 is 10.1 Å². The Morgan fingerprint density at radius 3 is 2.93 bits per heavy atom. The third-order valence-corrected chi connectivity index (χ3v) is 5.22. The van der Waals surface area contributed by atoms with Crippen molar-refractivity contribution in [1.29, 1.82) is 0 Å². The van der Waals surface area contributed by atoms with Crippen LogP contribution in [-0.2, 0) is 11.8 Å². The van der Waals surface area contributed by atoms with E-state index in [1.165, 1.54) is 0 Å². The molecule has 2 aromatic heterocycles. The smallest absolute Gasteiger partial charge is 0.253 e. The number of nitrogens with one attached hydrogen (secondary N) is 1. The molecule has 7 heteroatoms. The number of amides is 1. The lowest BCUT2D eigenvalue weighted by molar-refractivity contribution is 0.0643. The fourth-order valence-corrected chi connectivity index (χ4v) is 3.68. The summed E-state index contributed by atoms with van der Waals surface area (Å²) in [7, 11) is 3.49. The molecule has 0 spiro atoms. The molecule has 0 saturated carbocycles. The van der Waals surface area contributed by atoms with Crippen molar-refractivity contribution in [2.75, 3.05) is 26.9 Å². The zero-order chi connectivity index (χ0) is 19.5. The molecule has 1 N–H and O–H groups in total. The molecule has 0 radical (unpaired) electrons. The minimum Gasteiger partial charge on any atom is -0.481 e. The van der Waals surface area contributed by atoms with Crippen molar-refractivity contribution >= 4 is 16.9 Å². The number of carbonyl (C=O) groups is 1. The van der Waals surface area contributed by atoms with Crippen LogP contribution in [0.25, 0.3) is 22.2 Å². The molecule has 4 rings (SSSR count). The van der Waals surface area contributed by atoms with Gasteiger partial charge < -0.3 is 19.4 Å². The van der Waals surface area contributed by atoms with Gasteiger partial charge >= 0.3 is 0 Å². The summed E-state index contributed by atoms with van der Waals surface area (Å²) in [5.74, 6) is 0.887. The van der Waals surface area contributed by atoms with Gasteiger partial charge in [-0.1, -0.05) is 0 Å². The predicted molar refractivity (Wildman–Crippen MR) is 106 cm³/mol. The average Bonchev–Trinajstić information content (AvgIpc) is 3.13. The number of methoxy groups -OCH3 is 1. The van der Waals surface area contributed by atoms with Crippen LogP contribution in [0.5, 0.6) is 5.88 Å². The van der Waals surface area contributed by atoms with Gasteiger partial charge in [0.05, 0.1) is 30.0 Å². The van der Waals surface area contributed by atoms with Crippen LogP contribution in [0.3, 0.4) is 0 Å². The highest BCUT2D eigenvalue weighted by Gasteiger charge is 2.20. The Balaban J connectivity index is 1.69. The standard InChI is InChI=1S/C21H24N4O3/c1-25-13-24-18-11-15(16-4-3-7-22-21(16)27-2)10-17(19(18)25)20(26)23-12-14-5-8-28-9-6-14/h3-4,7,10-11,13-14H,5-6,8-9,12H2,1-2H3,(H,23,26). The molecular weight excluding hydrogens is 356 g/mol. The second-order valence-corrected chi connectivity index (χ2v) is 7.07. The highest BCUT2D eigenvalue weighted by molar-refractivity contribution is 6.07.